The zero-order valence-corrected chi connectivity index (χ0v) is 16.7. The molecule has 11 heteroatoms. The van der Waals surface area contributed by atoms with Crippen LogP contribution in [0.5, 0.6) is 5.75 Å². The van der Waals surface area contributed by atoms with E-state index < -0.39 is 29.3 Å². The van der Waals surface area contributed by atoms with Gasteiger partial charge in [-0.05, 0) is 17.3 Å². The maximum atomic E-state index is 13.3. The Bertz CT molecular complexity index is 1100. The van der Waals surface area contributed by atoms with Crippen molar-refractivity contribution in [2.45, 2.75) is 6.61 Å². The molecule has 1 heterocycles. The Morgan fingerprint density at radius 3 is 2.61 bits per heavy atom. The van der Waals surface area contributed by atoms with Crippen molar-refractivity contribution < 1.29 is 32.2 Å². The van der Waals surface area contributed by atoms with E-state index in [1.807, 2.05) is 0 Å². The Morgan fingerprint density at radius 2 is 1.90 bits per heavy atom. The van der Waals surface area contributed by atoms with Crippen LogP contribution in [-0.2, 0) is 20.9 Å². The number of thioether (sulfide) groups is 1. The SMILES string of the molecule is COC(=O)/C=C1/S/C(=N\N=Cc2ccccc2COc2cc(F)c(F)c(F)c2)NC1=O. The fourth-order valence-electron chi connectivity index (χ4n) is 2.35. The minimum Gasteiger partial charge on any atom is -0.489 e. The number of hydrogen-bond donors (Lipinski definition) is 1. The minimum absolute atomic E-state index is 0.0687. The number of carbonyl (C=O) groups excluding carboxylic acids is 2. The maximum absolute atomic E-state index is 13.3. The third-order valence-corrected chi connectivity index (χ3v) is 4.75. The normalized spacial score (nSPS) is 16.2. The Kier molecular flexibility index (Phi) is 7.08. The molecule has 0 spiro atoms. The third-order valence-electron chi connectivity index (χ3n) is 3.85. The van der Waals surface area contributed by atoms with Crippen LogP contribution in [0.15, 0.2) is 57.6 Å². The second-order valence-corrected chi connectivity index (χ2v) is 6.96. The molecule has 0 saturated carbocycles. The molecule has 0 aliphatic carbocycles. The monoisotopic (exact) mass is 449 g/mol. The molecule has 31 heavy (non-hydrogen) atoms. The predicted molar refractivity (Wildman–Crippen MR) is 108 cm³/mol. The van der Waals surface area contributed by atoms with E-state index in [-0.39, 0.29) is 22.4 Å². The van der Waals surface area contributed by atoms with Gasteiger partial charge in [0.1, 0.15) is 12.4 Å². The summed E-state index contributed by atoms with van der Waals surface area (Å²) in [4.78, 5) is 23.1. The van der Waals surface area contributed by atoms with E-state index in [1.54, 1.807) is 24.3 Å². The van der Waals surface area contributed by atoms with Crippen LogP contribution < -0.4 is 10.1 Å². The van der Waals surface area contributed by atoms with Crippen LogP contribution in [0, 0.1) is 17.5 Å². The van der Waals surface area contributed by atoms with Gasteiger partial charge in [0.15, 0.2) is 22.6 Å². The third kappa shape index (κ3) is 5.72. The molecule has 1 aliphatic heterocycles. The molecule has 3 rings (SSSR count). The summed E-state index contributed by atoms with van der Waals surface area (Å²) in [5, 5.41) is 10.4. The molecule has 1 N–H and O–H groups in total. The number of nitrogens with one attached hydrogen (secondary N) is 1. The van der Waals surface area contributed by atoms with Gasteiger partial charge in [-0.1, -0.05) is 24.3 Å². The largest absolute Gasteiger partial charge is 0.489 e. The van der Waals surface area contributed by atoms with E-state index in [0.717, 1.165) is 30.0 Å². The summed E-state index contributed by atoms with van der Waals surface area (Å²) in [6.07, 6.45) is 2.44. The van der Waals surface area contributed by atoms with Gasteiger partial charge in [-0.15, -0.1) is 5.10 Å². The molecule has 1 amide bonds. The number of carbonyl (C=O) groups is 2. The topological polar surface area (TPSA) is 89.3 Å². The van der Waals surface area contributed by atoms with Crippen LogP contribution >= 0.6 is 11.8 Å². The van der Waals surface area contributed by atoms with Gasteiger partial charge in [-0.2, -0.15) is 5.10 Å². The lowest BCUT2D eigenvalue weighted by Gasteiger charge is -2.09. The number of nitrogens with zero attached hydrogens (tertiary/aromatic N) is 2. The second-order valence-electron chi connectivity index (χ2n) is 5.93. The summed E-state index contributed by atoms with van der Waals surface area (Å²) in [7, 11) is 1.19. The average molecular weight is 449 g/mol. The summed E-state index contributed by atoms with van der Waals surface area (Å²) in [6, 6.07) is 8.37. The highest BCUT2D eigenvalue weighted by Gasteiger charge is 2.25. The first-order chi connectivity index (χ1) is 14.9. The first kappa shape index (κ1) is 22.1. The molecule has 0 aromatic heterocycles. The Balaban J connectivity index is 1.69. The van der Waals surface area contributed by atoms with E-state index in [0.29, 0.717) is 11.1 Å². The zero-order chi connectivity index (χ0) is 22.4. The Hall–Kier alpha value is -3.60. The molecule has 1 fully saturated rings. The van der Waals surface area contributed by atoms with Crippen molar-refractivity contribution in [2.24, 2.45) is 10.2 Å². The summed E-state index contributed by atoms with van der Waals surface area (Å²) in [5.74, 6) is -5.61. The van der Waals surface area contributed by atoms with Crippen molar-refractivity contribution in [1.29, 1.82) is 0 Å². The van der Waals surface area contributed by atoms with Gasteiger partial charge < -0.3 is 9.47 Å². The molecule has 7 nitrogen and oxygen atoms in total. The number of amides is 1. The Labute approximate surface area is 178 Å². The molecule has 160 valence electrons. The molecule has 0 bridgehead atoms. The first-order valence-corrected chi connectivity index (χ1v) is 9.44. The predicted octanol–water partition coefficient (Wildman–Crippen LogP) is 3.29. The van der Waals surface area contributed by atoms with E-state index in [1.165, 1.54) is 13.3 Å². The van der Waals surface area contributed by atoms with Crippen LogP contribution in [0.1, 0.15) is 11.1 Å². The zero-order valence-electron chi connectivity index (χ0n) is 15.9. The van der Waals surface area contributed by atoms with Gasteiger partial charge in [0.2, 0.25) is 0 Å². The van der Waals surface area contributed by atoms with Crippen molar-refractivity contribution in [3.05, 3.63) is 76.0 Å². The lowest BCUT2D eigenvalue weighted by Crippen LogP contribution is -2.19. The number of ether oxygens (including phenoxy) is 2. The van der Waals surface area contributed by atoms with Crippen molar-refractivity contribution in [3.63, 3.8) is 0 Å². The molecule has 2 aromatic rings. The van der Waals surface area contributed by atoms with Crippen LogP contribution in [0.2, 0.25) is 0 Å². The Morgan fingerprint density at radius 1 is 1.19 bits per heavy atom. The molecular formula is C20H14F3N3O4S. The average Bonchev–Trinajstić information content (AvgIpc) is 3.09. The van der Waals surface area contributed by atoms with Gasteiger partial charge in [0.25, 0.3) is 5.91 Å². The highest BCUT2D eigenvalue weighted by molar-refractivity contribution is 8.18. The number of methoxy groups -OCH3 is 1. The van der Waals surface area contributed by atoms with Crippen molar-refractivity contribution >= 4 is 35.0 Å². The van der Waals surface area contributed by atoms with Gasteiger partial charge in [0, 0.05) is 23.8 Å². The molecule has 0 unspecified atom stereocenters. The number of esters is 1. The number of hydrogen-bond acceptors (Lipinski definition) is 7. The summed E-state index contributed by atoms with van der Waals surface area (Å²) >= 11 is 0.923. The van der Waals surface area contributed by atoms with Crippen molar-refractivity contribution in [1.82, 2.24) is 5.32 Å². The van der Waals surface area contributed by atoms with E-state index in [2.05, 4.69) is 20.3 Å². The number of rotatable bonds is 6. The minimum atomic E-state index is -1.57. The lowest BCUT2D eigenvalue weighted by atomic mass is 10.1. The van der Waals surface area contributed by atoms with Crippen LogP contribution in [0.4, 0.5) is 13.2 Å². The van der Waals surface area contributed by atoms with E-state index in [9.17, 15) is 22.8 Å². The molecule has 0 radical (unpaired) electrons. The smallest absolute Gasteiger partial charge is 0.331 e. The lowest BCUT2D eigenvalue weighted by molar-refractivity contribution is -0.135. The fraction of sp³-hybridized carbons (Fsp3) is 0.100. The molecule has 2 aromatic carbocycles. The summed E-state index contributed by atoms with van der Waals surface area (Å²) in [6.45, 7) is -0.0687. The number of halogens is 3. The van der Waals surface area contributed by atoms with Crippen LogP contribution in [0.3, 0.4) is 0 Å². The number of amidine groups is 1. The van der Waals surface area contributed by atoms with Gasteiger partial charge >= 0.3 is 5.97 Å². The molecule has 0 atom stereocenters. The highest BCUT2D eigenvalue weighted by atomic mass is 32.2. The van der Waals surface area contributed by atoms with Crippen molar-refractivity contribution in [3.8, 4) is 5.75 Å². The first-order valence-electron chi connectivity index (χ1n) is 8.62. The summed E-state index contributed by atoms with van der Waals surface area (Å²) in [5.41, 5.74) is 1.21. The molecule has 1 saturated heterocycles. The maximum Gasteiger partial charge on any atom is 0.331 e. The van der Waals surface area contributed by atoms with Gasteiger partial charge in [0.05, 0.1) is 18.2 Å². The van der Waals surface area contributed by atoms with Crippen molar-refractivity contribution in [2.75, 3.05) is 7.11 Å². The van der Waals surface area contributed by atoms with Crippen LogP contribution in [-0.4, -0.2) is 30.4 Å². The standard InChI is InChI=1S/C20H14F3N3O4S/c1-29-17(27)8-16-19(28)25-20(31-16)26-24-9-11-4-2-3-5-12(11)10-30-13-6-14(21)18(23)15(22)7-13/h2-9H,10H2,1H3,(H,25,26,28)/b16-8+,24-9?. The highest BCUT2D eigenvalue weighted by Crippen LogP contribution is 2.24. The fourth-order valence-corrected chi connectivity index (χ4v) is 3.09. The quantitative estimate of drug-likeness (QED) is 0.240. The molecule has 1 aliphatic rings. The number of benzene rings is 2. The van der Waals surface area contributed by atoms with E-state index >= 15 is 0 Å². The molecular weight excluding hydrogens is 435 g/mol. The van der Waals surface area contributed by atoms with Crippen LogP contribution in [0.25, 0.3) is 0 Å². The second kappa shape index (κ2) is 9.94. The van der Waals surface area contributed by atoms with Gasteiger partial charge in [-0.25, -0.2) is 18.0 Å². The summed E-state index contributed by atoms with van der Waals surface area (Å²) < 4.78 is 49.5. The van der Waals surface area contributed by atoms with E-state index in [4.69, 9.17) is 4.74 Å². The van der Waals surface area contributed by atoms with Gasteiger partial charge in [-0.3, -0.25) is 10.1 Å².